The number of imide groups is 1. The number of nitrogens with one attached hydrogen (secondary N) is 1. The predicted octanol–water partition coefficient (Wildman–Crippen LogP) is 4.23. The smallest absolute Gasteiger partial charge is 0.263 e. The Bertz CT molecular complexity index is 1370. The first-order chi connectivity index (χ1) is 16.0. The number of carbonyl (C=O) groups excluding carboxylic acids is 2. The molecule has 0 spiro atoms. The quantitative estimate of drug-likeness (QED) is 0.485. The molecule has 0 radical (unpaired) electrons. The summed E-state index contributed by atoms with van der Waals surface area (Å²) >= 11 is 0. The molecule has 0 unspecified atom stereocenters. The van der Waals surface area contributed by atoms with Gasteiger partial charge in [0.15, 0.2) is 0 Å². The molecule has 0 aliphatic carbocycles. The minimum atomic E-state index is -0.173. The molecule has 1 N–H and O–H groups in total. The van der Waals surface area contributed by atoms with E-state index in [0.29, 0.717) is 24.2 Å². The number of aromatic nitrogens is 2. The number of carbonyl (C=O) groups is 2. The zero-order chi connectivity index (χ0) is 22.7. The van der Waals surface area contributed by atoms with Gasteiger partial charge in [0.05, 0.1) is 11.1 Å². The van der Waals surface area contributed by atoms with Gasteiger partial charge in [-0.25, -0.2) is 0 Å². The van der Waals surface area contributed by atoms with Gasteiger partial charge in [0, 0.05) is 59.9 Å². The zero-order valence-electron chi connectivity index (χ0n) is 18.9. The van der Waals surface area contributed by atoms with Gasteiger partial charge in [0.25, 0.3) is 11.8 Å². The van der Waals surface area contributed by atoms with Crippen LogP contribution in [0.2, 0.25) is 0 Å². The summed E-state index contributed by atoms with van der Waals surface area (Å²) in [6.45, 7) is 6.67. The molecule has 2 aliphatic heterocycles. The van der Waals surface area contributed by atoms with Gasteiger partial charge < -0.3 is 9.55 Å². The molecule has 6 rings (SSSR count). The largest absolute Gasteiger partial charge is 0.357 e. The number of aromatic amines is 1. The number of nitrogens with zero attached hydrogens (tertiary/aromatic N) is 3. The summed E-state index contributed by atoms with van der Waals surface area (Å²) in [7, 11) is 0. The van der Waals surface area contributed by atoms with Crippen LogP contribution in [-0.4, -0.2) is 50.8 Å². The number of H-pyrrole nitrogens is 1. The lowest BCUT2D eigenvalue weighted by Gasteiger charge is -2.28. The van der Waals surface area contributed by atoms with Crippen LogP contribution in [0.15, 0.2) is 54.6 Å². The third-order valence-corrected chi connectivity index (χ3v) is 7.18. The summed E-state index contributed by atoms with van der Waals surface area (Å²) in [5.74, 6) is -0.345. The van der Waals surface area contributed by atoms with Crippen molar-refractivity contribution >= 4 is 22.7 Å². The second kappa shape index (κ2) is 7.46. The highest BCUT2D eigenvalue weighted by atomic mass is 16.2. The van der Waals surface area contributed by atoms with Crippen LogP contribution in [0.5, 0.6) is 0 Å². The lowest BCUT2D eigenvalue weighted by Crippen LogP contribution is -2.40. The molecule has 0 bridgehead atoms. The Morgan fingerprint density at radius 1 is 0.848 bits per heavy atom. The van der Waals surface area contributed by atoms with Crippen LogP contribution in [0.25, 0.3) is 16.6 Å². The Labute approximate surface area is 192 Å². The minimum absolute atomic E-state index is 0.173. The number of amides is 2. The summed E-state index contributed by atoms with van der Waals surface area (Å²) in [5.41, 5.74) is 7.55. The monoisotopic (exact) mass is 438 g/mol. The van der Waals surface area contributed by atoms with E-state index >= 15 is 0 Å². The summed E-state index contributed by atoms with van der Waals surface area (Å²) in [6.07, 6.45) is 0.974. The maximum Gasteiger partial charge on any atom is 0.263 e. The second-order valence-electron chi connectivity index (χ2n) is 9.01. The highest BCUT2D eigenvalue weighted by Crippen LogP contribution is 2.33. The lowest BCUT2D eigenvalue weighted by atomic mass is 10.0. The van der Waals surface area contributed by atoms with Gasteiger partial charge in [-0.15, -0.1) is 0 Å². The van der Waals surface area contributed by atoms with Crippen molar-refractivity contribution in [2.24, 2.45) is 0 Å². The number of benzene rings is 2. The first-order valence-electron chi connectivity index (χ1n) is 11.5. The normalized spacial score (nSPS) is 16.0. The Morgan fingerprint density at radius 3 is 2.24 bits per heavy atom. The van der Waals surface area contributed by atoms with Crippen molar-refractivity contribution in [3.05, 3.63) is 88.4 Å². The maximum atomic E-state index is 13.3. The van der Waals surface area contributed by atoms with Crippen molar-refractivity contribution < 1.29 is 9.59 Å². The van der Waals surface area contributed by atoms with Crippen LogP contribution in [0.1, 0.15) is 43.4 Å². The van der Waals surface area contributed by atoms with E-state index in [1.165, 1.54) is 27.1 Å². The maximum absolute atomic E-state index is 13.3. The van der Waals surface area contributed by atoms with Gasteiger partial charge in [-0.1, -0.05) is 36.4 Å². The van der Waals surface area contributed by atoms with Crippen molar-refractivity contribution in [2.45, 2.75) is 26.8 Å². The van der Waals surface area contributed by atoms with Gasteiger partial charge in [-0.05, 0) is 44.0 Å². The summed E-state index contributed by atoms with van der Waals surface area (Å²) in [4.78, 5) is 33.9. The molecule has 6 nitrogen and oxygen atoms in total. The summed E-state index contributed by atoms with van der Waals surface area (Å²) in [6, 6.07) is 18.3. The topological polar surface area (TPSA) is 61.3 Å². The molecule has 0 fully saturated rings. The fraction of sp³-hybridized carbons (Fsp3) is 0.259. The molecule has 2 aromatic carbocycles. The summed E-state index contributed by atoms with van der Waals surface area (Å²) in [5, 5.41) is 1.30. The van der Waals surface area contributed by atoms with Crippen LogP contribution in [0.4, 0.5) is 0 Å². The van der Waals surface area contributed by atoms with Crippen LogP contribution < -0.4 is 0 Å². The van der Waals surface area contributed by atoms with E-state index in [2.05, 4.69) is 34.1 Å². The molecule has 2 aliphatic rings. The first kappa shape index (κ1) is 20.0. The van der Waals surface area contributed by atoms with E-state index in [-0.39, 0.29) is 11.8 Å². The SMILES string of the molecule is Cc1c2c(c(C)n1-c1ccccc1)C(=O)N(CCN1CCc3c([nH]c4ccccc34)C1)C2=O. The van der Waals surface area contributed by atoms with Crippen LogP contribution in [0, 0.1) is 13.8 Å². The zero-order valence-corrected chi connectivity index (χ0v) is 18.9. The van der Waals surface area contributed by atoms with Gasteiger partial charge >= 0.3 is 0 Å². The van der Waals surface area contributed by atoms with E-state index in [1.54, 1.807) is 0 Å². The van der Waals surface area contributed by atoms with E-state index in [0.717, 1.165) is 36.6 Å². The fourth-order valence-corrected chi connectivity index (χ4v) is 5.57. The van der Waals surface area contributed by atoms with E-state index in [4.69, 9.17) is 0 Å². The molecule has 0 atom stereocenters. The van der Waals surface area contributed by atoms with Crippen molar-refractivity contribution in [3.63, 3.8) is 0 Å². The highest BCUT2D eigenvalue weighted by molar-refractivity contribution is 6.22. The fourth-order valence-electron chi connectivity index (χ4n) is 5.57. The second-order valence-corrected chi connectivity index (χ2v) is 9.01. The molecule has 0 saturated heterocycles. The lowest BCUT2D eigenvalue weighted by molar-refractivity contribution is 0.0631. The number of rotatable bonds is 4. The number of fused-ring (bicyclic) bond motifs is 4. The highest BCUT2D eigenvalue weighted by Gasteiger charge is 2.41. The molecular weight excluding hydrogens is 412 g/mol. The Kier molecular flexibility index (Phi) is 4.52. The van der Waals surface area contributed by atoms with Crippen LogP contribution >= 0.6 is 0 Å². The molecule has 0 saturated carbocycles. The van der Waals surface area contributed by atoms with Gasteiger partial charge in [-0.2, -0.15) is 0 Å². The molecule has 33 heavy (non-hydrogen) atoms. The molecule has 2 amide bonds. The van der Waals surface area contributed by atoms with E-state index in [1.807, 2.05) is 48.7 Å². The molecule has 2 aromatic heterocycles. The molecule has 166 valence electrons. The predicted molar refractivity (Wildman–Crippen MR) is 128 cm³/mol. The number of hydrogen-bond acceptors (Lipinski definition) is 3. The van der Waals surface area contributed by atoms with Gasteiger partial charge in [0.2, 0.25) is 0 Å². The van der Waals surface area contributed by atoms with Crippen LogP contribution in [0.3, 0.4) is 0 Å². The Hall–Kier alpha value is -3.64. The van der Waals surface area contributed by atoms with Crippen molar-refractivity contribution in [1.82, 2.24) is 19.4 Å². The third-order valence-electron chi connectivity index (χ3n) is 7.18. The van der Waals surface area contributed by atoms with E-state index < -0.39 is 0 Å². The number of hydrogen-bond donors (Lipinski definition) is 1. The molecule has 6 heteroatoms. The minimum Gasteiger partial charge on any atom is -0.357 e. The van der Waals surface area contributed by atoms with Crippen molar-refractivity contribution in [2.75, 3.05) is 19.6 Å². The van der Waals surface area contributed by atoms with Gasteiger partial charge in [-0.3, -0.25) is 19.4 Å². The average molecular weight is 439 g/mol. The first-order valence-corrected chi connectivity index (χ1v) is 11.5. The van der Waals surface area contributed by atoms with Gasteiger partial charge in [0.1, 0.15) is 0 Å². The van der Waals surface area contributed by atoms with Crippen molar-refractivity contribution in [3.8, 4) is 5.69 Å². The Balaban J connectivity index is 1.21. The summed E-state index contributed by atoms with van der Waals surface area (Å²) < 4.78 is 2.01. The van der Waals surface area contributed by atoms with E-state index in [9.17, 15) is 9.59 Å². The molecule has 4 aromatic rings. The Morgan fingerprint density at radius 2 is 1.52 bits per heavy atom. The number of para-hydroxylation sites is 2. The molecular formula is C27H26N4O2. The van der Waals surface area contributed by atoms with Crippen LogP contribution in [-0.2, 0) is 13.0 Å². The standard InChI is InChI=1S/C27H26N4O2/c1-17-24-25(18(2)31(17)19-8-4-3-5-9-19)27(33)30(26(24)32)15-14-29-13-12-21-20-10-6-7-11-22(20)28-23(21)16-29/h3-11,28H,12-16H2,1-2H3. The molecule has 4 heterocycles. The average Bonchev–Trinajstić information content (AvgIpc) is 3.41. The third kappa shape index (κ3) is 2.98. The van der Waals surface area contributed by atoms with Crippen molar-refractivity contribution in [1.29, 1.82) is 0 Å².